The van der Waals surface area contributed by atoms with E-state index in [1.165, 1.54) is 17.5 Å². The van der Waals surface area contributed by atoms with Crippen LogP contribution in [0.5, 0.6) is 0 Å². The molecule has 0 aliphatic heterocycles. The van der Waals surface area contributed by atoms with Gasteiger partial charge in [-0.15, -0.1) is 0 Å². The largest absolute Gasteiger partial charge is 0.351 e. The van der Waals surface area contributed by atoms with Gasteiger partial charge in [0.2, 0.25) is 5.52 Å². The number of hydrogen-bond donors (Lipinski definition) is 1. The summed E-state index contributed by atoms with van der Waals surface area (Å²) in [5.41, 5.74) is 5.92. The Bertz CT molecular complexity index is 1620. The van der Waals surface area contributed by atoms with Crippen molar-refractivity contribution < 1.29 is 8.79 Å². The van der Waals surface area contributed by atoms with Gasteiger partial charge in [-0.05, 0) is 70.5 Å². The summed E-state index contributed by atoms with van der Waals surface area (Å²) in [6, 6.07) is 22.9. The quantitative estimate of drug-likeness (QED) is 0.251. The topological polar surface area (TPSA) is 24.8 Å². The Balaban J connectivity index is 1.79. The minimum Gasteiger partial charge on any atom is -0.351 e. The van der Waals surface area contributed by atoms with Crippen molar-refractivity contribution >= 4 is 54.9 Å². The maximum Gasteiger partial charge on any atom is 0.254 e. The summed E-state index contributed by atoms with van der Waals surface area (Å²) < 4.78 is 18.8. The Labute approximate surface area is 190 Å². The molecule has 0 saturated carbocycles. The number of H-pyrrole nitrogens is 1. The number of para-hydroxylation sites is 1. The molecule has 0 unspecified atom stereocenters. The van der Waals surface area contributed by atoms with Gasteiger partial charge in [-0.25, -0.2) is 4.39 Å². The average molecular weight is 492 g/mol. The van der Waals surface area contributed by atoms with Gasteiger partial charge in [0.25, 0.3) is 6.33 Å². The molecule has 3 nitrogen and oxygen atoms in total. The Morgan fingerprint density at radius 2 is 1.74 bits per heavy atom. The second-order valence-corrected chi connectivity index (χ2v) is 8.76. The van der Waals surface area contributed by atoms with Gasteiger partial charge in [0, 0.05) is 31.3 Å². The predicted octanol–water partition coefficient (Wildman–Crippen LogP) is 7.07. The maximum atomic E-state index is 13.9. The summed E-state index contributed by atoms with van der Waals surface area (Å²) in [4.78, 5) is 3.59. The third kappa shape index (κ3) is 2.88. The second kappa shape index (κ2) is 6.94. The number of imidazole rings is 1. The number of pyridine rings is 1. The summed E-state index contributed by atoms with van der Waals surface area (Å²) in [7, 11) is 0. The first-order valence-electron chi connectivity index (χ1n) is 9.77. The van der Waals surface area contributed by atoms with Gasteiger partial charge in [0.15, 0.2) is 5.69 Å². The molecule has 0 spiro atoms. The zero-order chi connectivity index (χ0) is 21.1. The first-order valence-corrected chi connectivity index (χ1v) is 10.9. The number of nitrogens with one attached hydrogen (secondary N) is 1. The van der Waals surface area contributed by atoms with E-state index >= 15 is 0 Å². The average Bonchev–Trinajstić information content (AvgIpc) is 3.33. The van der Waals surface area contributed by atoms with Crippen molar-refractivity contribution in [3.05, 3.63) is 101 Å². The normalized spacial score (nSPS) is 11.7. The van der Waals surface area contributed by atoms with Crippen LogP contribution in [0.3, 0.4) is 0 Å². The molecule has 0 amide bonds. The van der Waals surface area contributed by atoms with Crippen molar-refractivity contribution in [3.63, 3.8) is 0 Å². The number of halogens is 3. The van der Waals surface area contributed by atoms with Gasteiger partial charge in [-0.1, -0.05) is 29.8 Å². The number of hydrogen-bond acceptors (Lipinski definition) is 0. The van der Waals surface area contributed by atoms with Crippen LogP contribution in [0.1, 0.15) is 0 Å². The molecule has 1 N–H and O–H groups in total. The Morgan fingerprint density at radius 1 is 0.935 bits per heavy atom. The van der Waals surface area contributed by atoms with Crippen LogP contribution >= 0.6 is 27.5 Å². The van der Waals surface area contributed by atoms with E-state index in [1.54, 1.807) is 0 Å². The second-order valence-electron chi connectivity index (χ2n) is 7.47. The molecule has 0 aliphatic rings. The lowest BCUT2D eigenvalue weighted by molar-refractivity contribution is -0.510. The van der Waals surface area contributed by atoms with E-state index < -0.39 is 0 Å². The molecule has 3 heterocycles. The van der Waals surface area contributed by atoms with Crippen LogP contribution in [-0.4, -0.2) is 9.55 Å². The van der Waals surface area contributed by atoms with E-state index in [0.29, 0.717) is 9.50 Å². The van der Waals surface area contributed by atoms with Crippen LogP contribution in [0.4, 0.5) is 4.39 Å². The molecular formula is C25H15BrClFN3+. The zero-order valence-corrected chi connectivity index (χ0v) is 18.5. The van der Waals surface area contributed by atoms with Crippen LogP contribution in [-0.2, 0) is 0 Å². The smallest absolute Gasteiger partial charge is 0.254 e. The number of benzene rings is 3. The minimum absolute atomic E-state index is 0.284. The van der Waals surface area contributed by atoms with Gasteiger partial charge < -0.3 is 4.98 Å². The van der Waals surface area contributed by atoms with Crippen LogP contribution in [0.25, 0.3) is 44.3 Å². The number of nitrogens with zero attached hydrogens (tertiary/aromatic N) is 2. The lowest BCUT2D eigenvalue weighted by Crippen LogP contribution is -2.17. The number of fused-ring (bicyclic) bond motifs is 5. The number of aromatic nitrogens is 3. The monoisotopic (exact) mass is 490 g/mol. The molecule has 0 fully saturated rings. The van der Waals surface area contributed by atoms with Gasteiger partial charge >= 0.3 is 0 Å². The molecule has 3 aromatic carbocycles. The first kappa shape index (κ1) is 18.6. The molecule has 0 bridgehead atoms. The summed E-state index contributed by atoms with van der Waals surface area (Å²) in [5.74, 6) is -0.284. The van der Waals surface area contributed by atoms with E-state index in [2.05, 4.69) is 54.3 Å². The van der Waals surface area contributed by atoms with Crippen molar-refractivity contribution in [2.75, 3.05) is 0 Å². The lowest BCUT2D eigenvalue weighted by atomic mass is 10.1. The molecule has 6 rings (SSSR count). The van der Waals surface area contributed by atoms with E-state index in [1.807, 2.05) is 48.8 Å². The van der Waals surface area contributed by atoms with Crippen LogP contribution < -0.4 is 4.40 Å². The third-order valence-corrected chi connectivity index (χ3v) is 6.55. The lowest BCUT2D eigenvalue weighted by Gasteiger charge is -2.05. The first-order chi connectivity index (χ1) is 15.1. The summed E-state index contributed by atoms with van der Waals surface area (Å²) >= 11 is 9.71. The van der Waals surface area contributed by atoms with E-state index in [4.69, 9.17) is 11.6 Å². The van der Waals surface area contributed by atoms with Crippen LogP contribution in [0.15, 0.2) is 89.8 Å². The molecule has 6 aromatic rings. The van der Waals surface area contributed by atoms with E-state index in [-0.39, 0.29) is 5.82 Å². The Hall–Kier alpha value is -3.15. The molecule has 0 saturated heterocycles. The molecule has 3 aromatic heterocycles. The van der Waals surface area contributed by atoms with Crippen molar-refractivity contribution in [3.8, 4) is 16.9 Å². The van der Waals surface area contributed by atoms with E-state index in [0.717, 1.165) is 38.9 Å². The van der Waals surface area contributed by atoms with Gasteiger partial charge in [0.05, 0.1) is 11.7 Å². The predicted molar refractivity (Wildman–Crippen MR) is 126 cm³/mol. The standard InChI is InChI=1S/C25H15BrClFN3/c26-21-13-16(28)7-10-20(21)24-25-23-19(18-3-1-2-4-22(18)29-23)11-12-30(25)14-31(24)17-8-5-15(27)6-9-17/h1-14,29H/q+1. The Kier molecular flexibility index (Phi) is 4.16. The molecule has 31 heavy (non-hydrogen) atoms. The minimum atomic E-state index is -0.284. The molecule has 150 valence electrons. The van der Waals surface area contributed by atoms with Gasteiger partial charge in [-0.3, -0.25) is 0 Å². The van der Waals surface area contributed by atoms with Crippen molar-refractivity contribution in [2.45, 2.75) is 0 Å². The summed E-state index contributed by atoms with van der Waals surface area (Å²) in [6.45, 7) is 0. The summed E-state index contributed by atoms with van der Waals surface area (Å²) in [6.07, 6.45) is 4.10. The van der Waals surface area contributed by atoms with E-state index in [9.17, 15) is 4.39 Å². The highest BCUT2D eigenvalue weighted by Gasteiger charge is 2.26. The maximum absolute atomic E-state index is 13.9. The van der Waals surface area contributed by atoms with Crippen molar-refractivity contribution in [1.82, 2.24) is 9.55 Å². The van der Waals surface area contributed by atoms with Crippen molar-refractivity contribution in [1.29, 1.82) is 0 Å². The molecular weight excluding hydrogens is 477 g/mol. The highest BCUT2D eigenvalue weighted by atomic mass is 79.9. The number of aromatic amines is 1. The Morgan fingerprint density at radius 3 is 2.55 bits per heavy atom. The van der Waals surface area contributed by atoms with Crippen LogP contribution in [0.2, 0.25) is 5.02 Å². The van der Waals surface area contributed by atoms with Gasteiger partial charge in [0.1, 0.15) is 11.5 Å². The highest BCUT2D eigenvalue weighted by molar-refractivity contribution is 9.10. The van der Waals surface area contributed by atoms with Crippen LogP contribution in [0, 0.1) is 5.82 Å². The number of rotatable bonds is 2. The fraction of sp³-hybridized carbons (Fsp3) is 0. The molecule has 0 radical (unpaired) electrons. The molecule has 0 atom stereocenters. The highest BCUT2D eigenvalue weighted by Crippen LogP contribution is 2.37. The fourth-order valence-corrected chi connectivity index (χ4v) is 4.92. The SMILES string of the molecule is Fc1ccc(-c2c3c4[nH]c5ccccc5c4cc[n+]3cn2-c2ccc(Cl)cc2)c(Br)c1. The third-order valence-electron chi connectivity index (χ3n) is 5.64. The summed E-state index contributed by atoms with van der Waals surface area (Å²) in [5, 5.41) is 2.99. The fourth-order valence-electron chi connectivity index (χ4n) is 4.25. The molecule has 6 heteroatoms. The van der Waals surface area contributed by atoms with Gasteiger partial charge in [-0.2, -0.15) is 8.97 Å². The van der Waals surface area contributed by atoms with Crippen molar-refractivity contribution in [2.24, 2.45) is 0 Å². The molecule has 0 aliphatic carbocycles. The zero-order valence-electron chi connectivity index (χ0n) is 16.1.